The Labute approximate surface area is 109 Å². The first-order chi connectivity index (χ1) is 9.08. The molecule has 0 unspecified atom stereocenters. The van der Waals surface area contributed by atoms with Gasteiger partial charge in [-0.15, -0.1) is 0 Å². The molecule has 1 heterocycles. The summed E-state index contributed by atoms with van der Waals surface area (Å²) in [5.74, 6) is -1.26. The summed E-state index contributed by atoms with van der Waals surface area (Å²) >= 11 is 0. The molecule has 0 spiro atoms. The van der Waals surface area contributed by atoms with Crippen molar-refractivity contribution in [2.24, 2.45) is 0 Å². The molecule has 6 heteroatoms. The van der Waals surface area contributed by atoms with Gasteiger partial charge in [-0.2, -0.15) is 0 Å². The summed E-state index contributed by atoms with van der Waals surface area (Å²) in [7, 11) is 0. The maximum absolute atomic E-state index is 11.8. The van der Waals surface area contributed by atoms with E-state index in [-0.39, 0.29) is 11.8 Å². The van der Waals surface area contributed by atoms with Crippen molar-refractivity contribution in [3.63, 3.8) is 0 Å². The number of ether oxygens (including phenoxy) is 1. The molecule has 1 aliphatic rings. The number of benzene rings is 1. The Morgan fingerprint density at radius 3 is 2.58 bits per heavy atom. The molecule has 6 nitrogen and oxygen atoms in total. The van der Waals surface area contributed by atoms with Crippen LogP contribution in [0.1, 0.15) is 19.3 Å². The van der Waals surface area contributed by atoms with E-state index in [4.69, 9.17) is 9.84 Å². The molecule has 0 radical (unpaired) electrons. The lowest BCUT2D eigenvalue weighted by Gasteiger charge is -2.25. The molecule has 1 aliphatic heterocycles. The largest absolute Gasteiger partial charge is 0.482 e. The Morgan fingerprint density at radius 1 is 1.26 bits per heavy atom. The third-order valence-electron chi connectivity index (χ3n) is 2.72. The summed E-state index contributed by atoms with van der Waals surface area (Å²) in [6, 6.07) is 6.30. The summed E-state index contributed by atoms with van der Waals surface area (Å²) in [4.78, 5) is 35.0. The predicted octanol–water partition coefficient (Wildman–Crippen LogP) is 1.19. The average molecular weight is 263 g/mol. The van der Waals surface area contributed by atoms with Crippen molar-refractivity contribution in [3.05, 3.63) is 24.3 Å². The number of carbonyl (C=O) groups is 3. The van der Waals surface area contributed by atoms with Crippen LogP contribution in [0.4, 0.5) is 5.69 Å². The number of carbonyl (C=O) groups excluding carboxylic acids is 2. The van der Waals surface area contributed by atoms with Gasteiger partial charge in [-0.3, -0.25) is 14.5 Å². The molecule has 0 atom stereocenters. The van der Waals surface area contributed by atoms with Crippen molar-refractivity contribution in [2.45, 2.75) is 19.3 Å². The highest BCUT2D eigenvalue weighted by Gasteiger charge is 2.27. The molecule has 0 aliphatic carbocycles. The van der Waals surface area contributed by atoms with Crippen LogP contribution < -0.4 is 9.64 Å². The van der Waals surface area contributed by atoms with E-state index in [0.29, 0.717) is 30.7 Å². The van der Waals surface area contributed by atoms with Gasteiger partial charge in [-0.05, 0) is 18.6 Å². The third-order valence-corrected chi connectivity index (χ3v) is 2.72. The summed E-state index contributed by atoms with van der Waals surface area (Å²) < 4.78 is 5.02. The second kappa shape index (κ2) is 5.51. The number of piperidine rings is 1. The van der Waals surface area contributed by atoms with Crippen molar-refractivity contribution in [3.8, 4) is 5.75 Å². The summed E-state index contributed by atoms with van der Waals surface area (Å²) in [6.07, 6.45) is 1.25. The highest BCUT2D eigenvalue weighted by atomic mass is 16.5. The molecule has 1 aromatic carbocycles. The Bertz CT molecular complexity index is 510. The standard InChI is InChI=1S/C13H13NO5/c15-11-5-2-6-12(16)14(11)9-3-1-4-10(7-9)19-8-13(17)18/h1,3-4,7H,2,5-6,8H2,(H,17,18). The van der Waals surface area contributed by atoms with Crippen LogP contribution in [-0.2, 0) is 14.4 Å². The Kier molecular flexibility index (Phi) is 3.79. The first-order valence-corrected chi connectivity index (χ1v) is 5.88. The lowest BCUT2D eigenvalue weighted by molar-refractivity contribution is -0.139. The number of imide groups is 1. The van der Waals surface area contributed by atoms with Crippen LogP contribution >= 0.6 is 0 Å². The van der Waals surface area contributed by atoms with Gasteiger partial charge in [-0.1, -0.05) is 6.07 Å². The smallest absolute Gasteiger partial charge is 0.341 e. The lowest BCUT2D eigenvalue weighted by atomic mass is 10.1. The molecular formula is C13H13NO5. The van der Waals surface area contributed by atoms with E-state index in [1.165, 1.54) is 6.07 Å². The van der Waals surface area contributed by atoms with Gasteiger partial charge < -0.3 is 9.84 Å². The highest BCUT2D eigenvalue weighted by Crippen LogP contribution is 2.25. The van der Waals surface area contributed by atoms with E-state index >= 15 is 0 Å². The number of carboxylic acid groups (broad SMARTS) is 1. The number of aliphatic carboxylic acids is 1. The topological polar surface area (TPSA) is 83.9 Å². The van der Waals surface area contributed by atoms with Crippen LogP contribution in [-0.4, -0.2) is 29.5 Å². The van der Waals surface area contributed by atoms with E-state index in [2.05, 4.69) is 0 Å². The van der Waals surface area contributed by atoms with Crippen LogP contribution in [0, 0.1) is 0 Å². The number of carboxylic acids is 1. The van der Waals surface area contributed by atoms with Crippen LogP contribution in [0.25, 0.3) is 0 Å². The Morgan fingerprint density at radius 2 is 1.95 bits per heavy atom. The van der Waals surface area contributed by atoms with Gasteiger partial charge in [0.1, 0.15) is 5.75 Å². The van der Waals surface area contributed by atoms with Crippen LogP contribution in [0.5, 0.6) is 5.75 Å². The lowest BCUT2D eigenvalue weighted by Crippen LogP contribution is -2.40. The molecule has 2 amide bonds. The normalized spacial score (nSPS) is 15.5. The molecule has 100 valence electrons. The van der Waals surface area contributed by atoms with Crippen LogP contribution in [0.3, 0.4) is 0 Å². The molecule has 2 rings (SSSR count). The van der Waals surface area contributed by atoms with Crippen LogP contribution in [0.15, 0.2) is 24.3 Å². The third kappa shape index (κ3) is 3.09. The van der Waals surface area contributed by atoms with Gasteiger partial charge in [-0.25, -0.2) is 4.79 Å². The van der Waals surface area contributed by atoms with E-state index in [1.807, 2.05) is 0 Å². The second-order valence-electron chi connectivity index (χ2n) is 4.16. The van der Waals surface area contributed by atoms with Crippen molar-refractivity contribution in [1.82, 2.24) is 0 Å². The minimum Gasteiger partial charge on any atom is -0.482 e. The van der Waals surface area contributed by atoms with Gasteiger partial charge >= 0.3 is 5.97 Å². The van der Waals surface area contributed by atoms with Gasteiger partial charge in [0.2, 0.25) is 11.8 Å². The monoisotopic (exact) mass is 263 g/mol. The minimum atomic E-state index is -1.09. The average Bonchev–Trinajstić information content (AvgIpc) is 2.37. The molecule has 0 aromatic heterocycles. The SMILES string of the molecule is O=C(O)COc1cccc(N2C(=O)CCCC2=O)c1. The molecule has 1 aromatic rings. The maximum atomic E-state index is 11.8. The molecule has 0 saturated carbocycles. The number of rotatable bonds is 4. The second-order valence-corrected chi connectivity index (χ2v) is 4.16. The number of hydrogen-bond donors (Lipinski definition) is 1. The summed E-state index contributed by atoms with van der Waals surface area (Å²) in [5.41, 5.74) is 0.414. The number of anilines is 1. The molecule has 1 fully saturated rings. The van der Waals surface area contributed by atoms with E-state index in [0.717, 1.165) is 4.90 Å². The minimum absolute atomic E-state index is 0.244. The van der Waals surface area contributed by atoms with Gasteiger partial charge in [0.15, 0.2) is 6.61 Å². The van der Waals surface area contributed by atoms with E-state index in [9.17, 15) is 14.4 Å². The fourth-order valence-corrected chi connectivity index (χ4v) is 1.90. The van der Waals surface area contributed by atoms with Crippen molar-refractivity contribution in [2.75, 3.05) is 11.5 Å². The molecule has 0 bridgehead atoms. The zero-order valence-corrected chi connectivity index (χ0v) is 10.2. The maximum Gasteiger partial charge on any atom is 0.341 e. The Balaban J connectivity index is 2.19. The predicted molar refractivity (Wildman–Crippen MR) is 65.9 cm³/mol. The van der Waals surface area contributed by atoms with Crippen molar-refractivity contribution < 1.29 is 24.2 Å². The number of hydrogen-bond acceptors (Lipinski definition) is 4. The zero-order valence-electron chi connectivity index (χ0n) is 10.2. The summed E-state index contributed by atoms with van der Waals surface area (Å²) in [6.45, 7) is -0.467. The number of amides is 2. The number of nitrogens with zero attached hydrogens (tertiary/aromatic N) is 1. The first-order valence-electron chi connectivity index (χ1n) is 5.88. The van der Waals surface area contributed by atoms with Gasteiger partial charge in [0.25, 0.3) is 0 Å². The fraction of sp³-hybridized carbons (Fsp3) is 0.308. The quantitative estimate of drug-likeness (QED) is 0.825. The highest BCUT2D eigenvalue weighted by molar-refractivity contribution is 6.16. The first kappa shape index (κ1) is 13.1. The molecule has 19 heavy (non-hydrogen) atoms. The van der Waals surface area contributed by atoms with E-state index in [1.54, 1.807) is 18.2 Å². The molecule has 1 N–H and O–H groups in total. The molecular weight excluding hydrogens is 250 g/mol. The van der Waals surface area contributed by atoms with Crippen molar-refractivity contribution in [1.29, 1.82) is 0 Å². The van der Waals surface area contributed by atoms with E-state index < -0.39 is 12.6 Å². The van der Waals surface area contributed by atoms with Crippen LogP contribution in [0.2, 0.25) is 0 Å². The fourth-order valence-electron chi connectivity index (χ4n) is 1.90. The summed E-state index contributed by atoms with van der Waals surface area (Å²) in [5, 5.41) is 8.53. The Hall–Kier alpha value is -2.37. The van der Waals surface area contributed by atoms with Crippen molar-refractivity contribution >= 4 is 23.5 Å². The van der Waals surface area contributed by atoms with Gasteiger partial charge in [0, 0.05) is 18.9 Å². The van der Waals surface area contributed by atoms with Gasteiger partial charge in [0.05, 0.1) is 5.69 Å². The zero-order chi connectivity index (χ0) is 13.8. The molecule has 1 saturated heterocycles.